The van der Waals surface area contributed by atoms with Crippen molar-refractivity contribution in [3.8, 4) is 5.75 Å². The van der Waals surface area contributed by atoms with Crippen LogP contribution in [0.3, 0.4) is 0 Å². The van der Waals surface area contributed by atoms with Crippen LogP contribution in [0.25, 0.3) is 0 Å². The first kappa shape index (κ1) is 14.1. The molecule has 1 amide bonds. The van der Waals surface area contributed by atoms with Crippen molar-refractivity contribution in [3.05, 3.63) is 28.8 Å². The van der Waals surface area contributed by atoms with Crippen LogP contribution < -0.4 is 11.1 Å². The van der Waals surface area contributed by atoms with Gasteiger partial charge in [0.2, 0.25) is 0 Å². The molecule has 1 aliphatic carbocycles. The summed E-state index contributed by atoms with van der Waals surface area (Å²) in [4.78, 5) is 12.6. The fraction of sp³-hybridized carbons (Fsp3) is 0.385. The Morgan fingerprint density at radius 2 is 2.21 bits per heavy atom. The van der Waals surface area contributed by atoms with Crippen molar-refractivity contribution in [2.24, 2.45) is 11.7 Å². The van der Waals surface area contributed by atoms with Crippen molar-refractivity contribution in [2.45, 2.75) is 25.3 Å². The zero-order valence-corrected chi connectivity index (χ0v) is 11.8. The molecule has 1 saturated carbocycles. The lowest BCUT2D eigenvalue weighted by Crippen LogP contribution is -2.41. The molecule has 0 bridgehead atoms. The quantitative estimate of drug-likeness (QED) is 0.748. The molecule has 102 valence electrons. The molecule has 1 aromatic rings. The summed E-state index contributed by atoms with van der Waals surface area (Å²) >= 11 is 11.0. The van der Waals surface area contributed by atoms with Gasteiger partial charge >= 0.3 is 0 Å². The molecule has 0 aliphatic heterocycles. The third-order valence-corrected chi connectivity index (χ3v) is 4.02. The summed E-state index contributed by atoms with van der Waals surface area (Å²) in [6.45, 7) is 0. The number of rotatable bonds is 3. The van der Waals surface area contributed by atoms with Crippen LogP contribution in [0.5, 0.6) is 5.75 Å². The van der Waals surface area contributed by atoms with Gasteiger partial charge in [-0.1, -0.05) is 30.2 Å². The van der Waals surface area contributed by atoms with Crippen LogP contribution in [0.4, 0.5) is 0 Å². The molecule has 0 heterocycles. The molecular weight excluding hydrogens is 284 g/mol. The number of thiocarbonyl (C=S) groups is 1. The third kappa shape index (κ3) is 3.16. The highest BCUT2D eigenvalue weighted by atomic mass is 35.5. The third-order valence-electron chi connectivity index (χ3n) is 3.39. The predicted molar refractivity (Wildman–Crippen MR) is 78.5 cm³/mol. The zero-order chi connectivity index (χ0) is 14.0. The number of hydrogen-bond acceptors (Lipinski definition) is 3. The first-order chi connectivity index (χ1) is 8.99. The highest BCUT2D eigenvalue weighted by Gasteiger charge is 2.31. The van der Waals surface area contributed by atoms with E-state index < -0.39 is 0 Å². The molecule has 1 aromatic carbocycles. The summed E-state index contributed by atoms with van der Waals surface area (Å²) in [5.41, 5.74) is 5.93. The Bertz CT molecular complexity index is 521. The minimum absolute atomic E-state index is 0.00636. The van der Waals surface area contributed by atoms with E-state index >= 15 is 0 Å². The topological polar surface area (TPSA) is 75.3 Å². The van der Waals surface area contributed by atoms with Gasteiger partial charge in [0.15, 0.2) is 0 Å². The van der Waals surface area contributed by atoms with Crippen LogP contribution >= 0.6 is 23.8 Å². The Morgan fingerprint density at radius 1 is 1.47 bits per heavy atom. The van der Waals surface area contributed by atoms with E-state index in [1.165, 1.54) is 18.2 Å². The van der Waals surface area contributed by atoms with Crippen molar-refractivity contribution >= 4 is 34.7 Å². The van der Waals surface area contributed by atoms with E-state index in [1.807, 2.05) is 0 Å². The van der Waals surface area contributed by atoms with Crippen LogP contribution in [0.2, 0.25) is 5.02 Å². The molecule has 0 radical (unpaired) electrons. The zero-order valence-electron chi connectivity index (χ0n) is 10.2. The number of phenols is 1. The van der Waals surface area contributed by atoms with Crippen molar-refractivity contribution in [1.29, 1.82) is 0 Å². The average molecular weight is 299 g/mol. The van der Waals surface area contributed by atoms with E-state index in [0.717, 1.165) is 19.3 Å². The number of nitrogens with two attached hydrogens (primary N) is 1. The van der Waals surface area contributed by atoms with Gasteiger partial charge in [-0.25, -0.2) is 0 Å². The van der Waals surface area contributed by atoms with Gasteiger partial charge in [-0.2, -0.15) is 0 Å². The average Bonchev–Trinajstić information content (AvgIpc) is 2.80. The summed E-state index contributed by atoms with van der Waals surface area (Å²) in [5.74, 6) is -0.268. The van der Waals surface area contributed by atoms with Crippen molar-refractivity contribution in [1.82, 2.24) is 5.32 Å². The Kier molecular flexibility index (Phi) is 4.27. The maximum Gasteiger partial charge on any atom is 0.253 e. The summed E-state index contributed by atoms with van der Waals surface area (Å²) in [7, 11) is 0. The molecular formula is C13H15ClN2O2S. The molecule has 4 nitrogen and oxygen atoms in total. The monoisotopic (exact) mass is 298 g/mol. The largest absolute Gasteiger partial charge is 0.508 e. The van der Waals surface area contributed by atoms with Crippen molar-refractivity contribution < 1.29 is 9.90 Å². The van der Waals surface area contributed by atoms with Crippen LogP contribution in [0.15, 0.2) is 18.2 Å². The second-order valence-electron chi connectivity index (χ2n) is 4.68. The lowest BCUT2D eigenvalue weighted by Gasteiger charge is -2.20. The number of aromatic hydroxyl groups is 1. The van der Waals surface area contributed by atoms with E-state index in [-0.39, 0.29) is 29.2 Å². The molecule has 1 fully saturated rings. The maximum atomic E-state index is 12.2. The summed E-state index contributed by atoms with van der Waals surface area (Å²) < 4.78 is 0. The molecule has 2 unspecified atom stereocenters. The highest BCUT2D eigenvalue weighted by molar-refractivity contribution is 7.80. The minimum atomic E-state index is -0.311. The first-order valence-corrected chi connectivity index (χ1v) is 6.86. The van der Waals surface area contributed by atoms with Gasteiger partial charge in [0.05, 0.1) is 15.6 Å². The predicted octanol–water partition coefficient (Wildman–Crippen LogP) is 2.23. The van der Waals surface area contributed by atoms with Gasteiger partial charge in [-0.15, -0.1) is 0 Å². The Balaban J connectivity index is 2.12. The van der Waals surface area contributed by atoms with Gasteiger partial charge < -0.3 is 16.2 Å². The Labute approximate surface area is 121 Å². The normalized spacial score (nSPS) is 22.2. The number of nitrogens with one attached hydrogen (secondary N) is 1. The van der Waals surface area contributed by atoms with Gasteiger partial charge in [0.1, 0.15) is 5.75 Å². The fourth-order valence-corrected chi connectivity index (χ4v) is 2.89. The Hall–Kier alpha value is -1.33. The number of halogens is 1. The molecule has 0 spiro atoms. The van der Waals surface area contributed by atoms with Gasteiger partial charge in [0, 0.05) is 12.0 Å². The Morgan fingerprint density at radius 3 is 2.89 bits per heavy atom. The molecule has 4 N–H and O–H groups in total. The van der Waals surface area contributed by atoms with E-state index in [0.29, 0.717) is 10.0 Å². The molecule has 1 aliphatic rings. The van der Waals surface area contributed by atoms with Crippen molar-refractivity contribution in [3.63, 3.8) is 0 Å². The second-order valence-corrected chi connectivity index (χ2v) is 5.56. The van der Waals surface area contributed by atoms with Crippen LogP contribution in [0, 0.1) is 5.92 Å². The van der Waals surface area contributed by atoms with Crippen molar-refractivity contribution in [2.75, 3.05) is 0 Å². The molecule has 0 saturated heterocycles. The lowest BCUT2D eigenvalue weighted by atomic mass is 10.0. The van der Waals surface area contributed by atoms with Gasteiger partial charge in [-0.3, -0.25) is 4.79 Å². The fourth-order valence-electron chi connectivity index (χ4n) is 2.41. The van der Waals surface area contributed by atoms with Crippen LogP contribution in [0.1, 0.15) is 29.6 Å². The van der Waals surface area contributed by atoms with Crippen LogP contribution in [-0.4, -0.2) is 22.0 Å². The van der Waals surface area contributed by atoms with E-state index in [4.69, 9.17) is 29.6 Å². The smallest absolute Gasteiger partial charge is 0.253 e. The number of benzene rings is 1. The SMILES string of the molecule is NC(=S)C1CCCC1NC(=O)c1cc(O)ccc1Cl. The summed E-state index contributed by atoms with van der Waals surface area (Å²) in [6.07, 6.45) is 2.74. The minimum Gasteiger partial charge on any atom is -0.508 e. The lowest BCUT2D eigenvalue weighted by molar-refractivity contribution is 0.0933. The number of carbonyl (C=O) groups is 1. The van der Waals surface area contributed by atoms with Crippen LogP contribution in [-0.2, 0) is 0 Å². The van der Waals surface area contributed by atoms with Gasteiger partial charge in [0.25, 0.3) is 5.91 Å². The van der Waals surface area contributed by atoms with E-state index in [2.05, 4.69) is 5.32 Å². The molecule has 2 rings (SSSR count). The maximum absolute atomic E-state index is 12.2. The summed E-state index contributed by atoms with van der Waals surface area (Å²) in [5, 5.41) is 12.6. The number of hydrogen-bond donors (Lipinski definition) is 3. The first-order valence-electron chi connectivity index (χ1n) is 6.07. The van der Waals surface area contributed by atoms with E-state index in [9.17, 15) is 9.90 Å². The van der Waals surface area contributed by atoms with Gasteiger partial charge in [-0.05, 0) is 31.0 Å². The molecule has 19 heavy (non-hydrogen) atoms. The molecule has 0 aromatic heterocycles. The number of phenolic OH excluding ortho intramolecular Hbond substituents is 1. The molecule has 6 heteroatoms. The number of amides is 1. The standard InChI is InChI=1S/C13H15ClN2O2S/c14-10-5-4-7(17)6-9(10)13(18)16-11-3-1-2-8(11)12(15)19/h4-6,8,11,17H,1-3H2,(H2,15,19)(H,16,18). The number of carbonyl (C=O) groups excluding carboxylic acids is 1. The second kappa shape index (κ2) is 5.75. The summed E-state index contributed by atoms with van der Waals surface area (Å²) in [6, 6.07) is 4.23. The van der Waals surface area contributed by atoms with E-state index in [1.54, 1.807) is 0 Å². The highest BCUT2D eigenvalue weighted by Crippen LogP contribution is 2.27. The molecule has 2 atom stereocenters.